The van der Waals surface area contributed by atoms with Crippen molar-refractivity contribution in [1.29, 1.82) is 0 Å². The van der Waals surface area contributed by atoms with Crippen molar-refractivity contribution in [3.05, 3.63) is 23.8 Å². The highest BCUT2D eigenvalue weighted by Gasteiger charge is 2.02. The maximum atomic E-state index is 8.94. The first-order chi connectivity index (χ1) is 5.11. The predicted octanol–water partition coefficient (Wildman–Crippen LogP) is 1.29. The lowest BCUT2D eigenvalue weighted by molar-refractivity contribution is 0.0288. The van der Waals surface area contributed by atoms with Crippen LogP contribution < -0.4 is 5.23 Å². The van der Waals surface area contributed by atoms with Crippen LogP contribution in [0.1, 0.15) is 5.56 Å². The highest BCUT2D eigenvalue weighted by molar-refractivity contribution is 5.51. The predicted molar refractivity (Wildman–Crippen MR) is 38.9 cm³/mol. The number of anilines is 1. The van der Waals surface area contributed by atoms with Gasteiger partial charge >= 0.3 is 0 Å². The van der Waals surface area contributed by atoms with Crippen LogP contribution in [0.2, 0.25) is 0 Å². The fraction of sp³-hybridized carbons (Fsp3) is 0.143. The van der Waals surface area contributed by atoms with Gasteiger partial charge in [0, 0.05) is 0 Å². The Balaban J connectivity index is 3.09. The second-order valence-corrected chi connectivity index (χ2v) is 2.26. The van der Waals surface area contributed by atoms with Crippen LogP contribution in [-0.2, 0) is 0 Å². The quantitative estimate of drug-likeness (QED) is 0.534. The number of phenolic OH excluding ortho intramolecular Hbond substituents is 1. The molecular formula is C7H9NO3. The summed E-state index contributed by atoms with van der Waals surface area (Å²) in [5.41, 5.74) is 0.845. The van der Waals surface area contributed by atoms with Crippen LogP contribution in [0.3, 0.4) is 0 Å². The van der Waals surface area contributed by atoms with Crippen molar-refractivity contribution in [1.82, 2.24) is 0 Å². The summed E-state index contributed by atoms with van der Waals surface area (Å²) in [6.07, 6.45) is 0. The summed E-state index contributed by atoms with van der Waals surface area (Å²) < 4.78 is 0. The van der Waals surface area contributed by atoms with Gasteiger partial charge in [0.2, 0.25) is 0 Å². The zero-order chi connectivity index (χ0) is 8.43. The second kappa shape index (κ2) is 2.77. The minimum Gasteiger partial charge on any atom is -0.508 e. The van der Waals surface area contributed by atoms with Gasteiger partial charge in [-0.2, -0.15) is 0 Å². The van der Waals surface area contributed by atoms with Crippen LogP contribution in [0.5, 0.6) is 5.75 Å². The summed E-state index contributed by atoms with van der Waals surface area (Å²) in [4.78, 5) is 0. The molecule has 0 spiro atoms. The van der Waals surface area contributed by atoms with E-state index < -0.39 is 0 Å². The molecular weight excluding hydrogens is 146 g/mol. The molecule has 11 heavy (non-hydrogen) atoms. The lowest BCUT2D eigenvalue weighted by Gasteiger charge is -2.10. The molecule has 0 radical (unpaired) electrons. The monoisotopic (exact) mass is 155 g/mol. The number of hydrogen-bond acceptors (Lipinski definition) is 4. The molecule has 0 fully saturated rings. The summed E-state index contributed by atoms with van der Waals surface area (Å²) in [6, 6.07) is 4.22. The van der Waals surface area contributed by atoms with E-state index in [0.29, 0.717) is 5.56 Å². The lowest BCUT2D eigenvalue weighted by Crippen LogP contribution is -2.11. The van der Waals surface area contributed by atoms with E-state index in [2.05, 4.69) is 0 Å². The van der Waals surface area contributed by atoms with Crippen molar-refractivity contribution in [2.75, 3.05) is 5.23 Å². The zero-order valence-corrected chi connectivity index (χ0v) is 6.02. The fourth-order valence-corrected chi connectivity index (χ4v) is 0.864. The molecule has 1 rings (SSSR count). The number of benzene rings is 1. The SMILES string of the molecule is Cc1cc(O)ccc1N(O)O. The highest BCUT2D eigenvalue weighted by atomic mass is 16.8. The van der Waals surface area contributed by atoms with Gasteiger partial charge in [-0.3, -0.25) is 10.4 Å². The highest BCUT2D eigenvalue weighted by Crippen LogP contribution is 2.21. The van der Waals surface area contributed by atoms with Crippen LogP contribution in [0.15, 0.2) is 18.2 Å². The Hall–Kier alpha value is -1.26. The van der Waals surface area contributed by atoms with E-state index in [-0.39, 0.29) is 16.7 Å². The Kier molecular flexibility index (Phi) is 1.98. The van der Waals surface area contributed by atoms with E-state index in [0.717, 1.165) is 0 Å². The molecule has 0 heterocycles. The van der Waals surface area contributed by atoms with Gasteiger partial charge in [0.1, 0.15) is 5.75 Å². The van der Waals surface area contributed by atoms with Gasteiger partial charge in [0.25, 0.3) is 0 Å². The minimum atomic E-state index is 0.0226. The molecule has 0 bridgehead atoms. The van der Waals surface area contributed by atoms with Crippen molar-refractivity contribution < 1.29 is 15.5 Å². The molecule has 0 aliphatic heterocycles. The number of aryl methyl sites for hydroxylation is 1. The molecule has 0 saturated carbocycles. The van der Waals surface area contributed by atoms with E-state index in [1.165, 1.54) is 18.2 Å². The number of hydrogen-bond donors (Lipinski definition) is 3. The van der Waals surface area contributed by atoms with Crippen molar-refractivity contribution in [3.63, 3.8) is 0 Å². The van der Waals surface area contributed by atoms with Gasteiger partial charge in [-0.05, 0) is 30.7 Å². The maximum absolute atomic E-state index is 8.94. The molecule has 3 N–H and O–H groups in total. The third-order valence-electron chi connectivity index (χ3n) is 1.40. The van der Waals surface area contributed by atoms with Crippen LogP contribution in [0.4, 0.5) is 5.69 Å². The Morgan fingerprint density at radius 2 is 1.91 bits per heavy atom. The van der Waals surface area contributed by atoms with Gasteiger partial charge in [0.15, 0.2) is 0 Å². The van der Waals surface area contributed by atoms with E-state index in [9.17, 15) is 0 Å². The van der Waals surface area contributed by atoms with Gasteiger partial charge in [-0.25, -0.2) is 0 Å². The van der Waals surface area contributed by atoms with Crippen molar-refractivity contribution in [3.8, 4) is 5.75 Å². The molecule has 60 valence electrons. The average molecular weight is 155 g/mol. The maximum Gasteiger partial charge on any atom is 0.115 e. The molecule has 1 aromatic carbocycles. The lowest BCUT2D eigenvalue weighted by atomic mass is 10.2. The first kappa shape index (κ1) is 7.84. The van der Waals surface area contributed by atoms with Gasteiger partial charge in [-0.15, -0.1) is 5.23 Å². The smallest absolute Gasteiger partial charge is 0.115 e. The van der Waals surface area contributed by atoms with Crippen molar-refractivity contribution in [2.24, 2.45) is 0 Å². The standard InChI is InChI=1S/C7H9NO3/c1-5-4-6(9)2-3-7(5)8(10)11/h2-4,9-11H,1H3. The fourth-order valence-electron chi connectivity index (χ4n) is 0.864. The third kappa shape index (κ3) is 1.60. The molecule has 0 atom stereocenters. The van der Waals surface area contributed by atoms with Crippen LogP contribution in [0, 0.1) is 6.92 Å². The second-order valence-electron chi connectivity index (χ2n) is 2.26. The molecule has 4 heteroatoms. The van der Waals surface area contributed by atoms with E-state index in [1.807, 2.05) is 0 Å². The topological polar surface area (TPSA) is 63.9 Å². The Morgan fingerprint density at radius 1 is 1.27 bits per heavy atom. The number of rotatable bonds is 1. The van der Waals surface area contributed by atoms with Crippen LogP contribution >= 0.6 is 0 Å². The Labute approximate surface area is 63.8 Å². The first-order valence-electron chi connectivity index (χ1n) is 3.09. The largest absolute Gasteiger partial charge is 0.508 e. The van der Waals surface area contributed by atoms with E-state index in [4.69, 9.17) is 15.5 Å². The summed E-state index contributed by atoms with van der Waals surface area (Å²) >= 11 is 0. The molecule has 0 amide bonds. The number of phenols is 1. The van der Waals surface area contributed by atoms with Crippen molar-refractivity contribution >= 4 is 5.69 Å². The summed E-state index contributed by atoms with van der Waals surface area (Å²) in [6.45, 7) is 1.66. The van der Waals surface area contributed by atoms with E-state index in [1.54, 1.807) is 6.92 Å². The third-order valence-corrected chi connectivity index (χ3v) is 1.40. The summed E-state index contributed by atoms with van der Waals surface area (Å²) in [5, 5.41) is 26.2. The summed E-state index contributed by atoms with van der Waals surface area (Å²) in [5.74, 6) is 0.105. The minimum absolute atomic E-state index is 0.0226. The molecule has 0 aliphatic carbocycles. The first-order valence-corrected chi connectivity index (χ1v) is 3.09. The van der Waals surface area contributed by atoms with Gasteiger partial charge in [0.05, 0.1) is 5.69 Å². The molecule has 0 saturated heterocycles. The Bertz CT molecular complexity index is 260. The Morgan fingerprint density at radius 3 is 2.36 bits per heavy atom. The average Bonchev–Trinajstić information content (AvgIpc) is 1.85. The normalized spacial score (nSPS) is 9.73. The van der Waals surface area contributed by atoms with Gasteiger partial charge in [-0.1, -0.05) is 0 Å². The molecule has 0 unspecified atom stereocenters. The molecule has 0 aliphatic rings. The molecule has 4 nitrogen and oxygen atoms in total. The molecule has 0 aromatic heterocycles. The number of aromatic hydroxyl groups is 1. The van der Waals surface area contributed by atoms with E-state index >= 15 is 0 Å². The zero-order valence-electron chi connectivity index (χ0n) is 6.02. The van der Waals surface area contributed by atoms with Gasteiger partial charge < -0.3 is 5.11 Å². The molecule has 1 aromatic rings. The van der Waals surface area contributed by atoms with Crippen molar-refractivity contribution in [2.45, 2.75) is 6.92 Å². The number of nitrogens with zero attached hydrogens (tertiary/aromatic N) is 1. The van der Waals surface area contributed by atoms with Crippen LogP contribution in [-0.4, -0.2) is 15.5 Å². The summed E-state index contributed by atoms with van der Waals surface area (Å²) in [7, 11) is 0. The van der Waals surface area contributed by atoms with Crippen LogP contribution in [0.25, 0.3) is 0 Å².